The molecule has 0 bridgehead atoms. The second-order valence-corrected chi connectivity index (χ2v) is 8.10. The van der Waals surface area contributed by atoms with Crippen LogP contribution in [-0.4, -0.2) is 37.2 Å². The Bertz CT molecular complexity index is 1230. The van der Waals surface area contributed by atoms with E-state index in [1.165, 1.54) is 32.7 Å². The van der Waals surface area contributed by atoms with Crippen molar-refractivity contribution < 1.29 is 19.0 Å². The molecule has 0 N–H and O–H groups in total. The van der Waals surface area contributed by atoms with Gasteiger partial charge in [-0.15, -0.1) is 0 Å². The molecule has 2 aromatic carbocycles. The second kappa shape index (κ2) is 9.23. The molecule has 0 saturated heterocycles. The topological polar surface area (TPSA) is 73.8 Å². The SMILES string of the molecule is COc1cc(C(=O)N(Cc2ccccn2)c2nc3ccc(C)cc3s2)cc(OC)c1OC. The number of hydrogen-bond acceptors (Lipinski definition) is 7. The Morgan fingerprint density at radius 2 is 1.75 bits per heavy atom. The number of ether oxygens (including phenoxy) is 3. The highest BCUT2D eigenvalue weighted by molar-refractivity contribution is 7.22. The molecular formula is C24H23N3O4S. The number of methoxy groups -OCH3 is 3. The third-order valence-electron chi connectivity index (χ3n) is 4.97. The van der Waals surface area contributed by atoms with Crippen LogP contribution in [0.4, 0.5) is 5.13 Å². The van der Waals surface area contributed by atoms with Crippen molar-refractivity contribution in [3.05, 3.63) is 71.5 Å². The van der Waals surface area contributed by atoms with Crippen molar-refractivity contribution in [1.29, 1.82) is 0 Å². The van der Waals surface area contributed by atoms with E-state index >= 15 is 0 Å². The molecule has 8 heteroatoms. The number of amides is 1. The summed E-state index contributed by atoms with van der Waals surface area (Å²) >= 11 is 1.47. The molecule has 0 aliphatic rings. The number of aromatic nitrogens is 2. The van der Waals surface area contributed by atoms with Crippen molar-refractivity contribution in [2.24, 2.45) is 0 Å². The molecule has 2 aromatic heterocycles. The number of rotatable bonds is 7. The molecule has 2 heterocycles. The number of benzene rings is 2. The first-order valence-corrected chi connectivity index (χ1v) is 10.7. The van der Waals surface area contributed by atoms with Gasteiger partial charge in [-0.05, 0) is 48.9 Å². The summed E-state index contributed by atoms with van der Waals surface area (Å²) in [6.45, 7) is 2.31. The first-order chi connectivity index (χ1) is 15.5. The van der Waals surface area contributed by atoms with Crippen LogP contribution < -0.4 is 19.1 Å². The van der Waals surface area contributed by atoms with E-state index in [4.69, 9.17) is 19.2 Å². The summed E-state index contributed by atoms with van der Waals surface area (Å²) < 4.78 is 17.3. The van der Waals surface area contributed by atoms with Crippen molar-refractivity contribution in [2.45, 2.75) is 13.5 Å². The summed E-state index contributed by atoms with van der Waals surface area (Å²) in [4.78, 5) is 24.5. The van der Waals surface area contributed by atoms with Gasteiger partial charge in [-0.2, -0.15) is 0 Å². The van der Waals surface area contributed by atoms with Crippen molar-refractivity contribution in [2.75, 3.05) is 26.2 Å². The number of thiazole rings is 1. The van der Waals surface area contributed by atoms with Crippen LogP contribution in [0.3, 0.4) is 0 Å². The molecule has 0 atom stereocenters. The Kier molecular flexibility index (Phi) is 6.23. The number of nitrogens with zero attached hydrogens (tertiary/aromatic N) is 3. The second-order valence-electron chi connectivity index (χ2n) is 7.09. The Hall–Kier alpha value is -3.65. The van der Waals surface area contributed by atoms with Crippen molar-refractivity contribution >= 4 is 32.6 Å². The Labute approximate surface area is 190 Å². The molecule has 0 radical (unpaired) electrons. The Balaban J connectivity index is 1.81. The predicted molar refractivity (Wildman–Crippen MR) is 125 cm³/mol. The molecule has 0 fully saturated rings. The van der Waals surface area contributed by atoms with Gasteiger partial charge in [0.2, 0.25) is 5.75 Å². The normalized spacial score (nSPS) is 10.8. The van der Waals surface area contributed by atoms with Crippen LogP contribution in [0.25, 0.3) is 10.2 Å². The minimum Gasteiger partial charge on any atom is -0.493 e. The van der Waals surface area contributed by atoms with Crippen LogP contribution in [-0.2, 0) is 6.54 Å². The van der Waals surface area contributed by atoms with Gasteiger partial charge in [0, 0.05) is 11.8 Å². The van der Waals surface area contributed by atoms with Crippen molar-refractivity contribution in [3.63, 3.8) is 0 Å². The first kappa shape index (κ1) is 21.6. The Morgan fingerprint density at radius 1 is 1.00 bits per heavy atom. The molecule has 0 aliphatic heterocycles. The predicted octanol–water partition coefficient (Wildman–Crippen LogP) is 4.87. The first-order valence-electron chi connectivity index (χ1n) is 9.93. The van der Waals surface area contributed by atoms with Gasteiger partial charge in [-0.1, -0.05) is 23.5 Å². The third-order valence-corrected chi connectivity index (χ3v) is 6.01. The zero-order chi connectivity index (χ0) is 22.7. The lowest BCUT2D eigenvalue weighted by Gasteiger charge is -2.21. The molecule has 4 rings (SSSR count). The van der Waals surface area contributed by atoms with Gasteiger partial charge in [-0.3, -0.25) is 14.7 Å². The van der Waals surface area contributed by atoms with Gasteiger partial charge in [0.15, 0.2) is 16.6 Å². The molecule has 0 unspecified atom stereocenters. The van der Waals surface area contributed by atoms with Crippen LogP contribution >= 0.6 is 11.3 Å². The number of hydrogen-bond donors (Lipinski definition) is 0. The molecule has 0 saturated carbocycles. The van der Waals surface area contributed by atoms with Crippen LogP contribution in [0.1, 0.15) is 21.6 Å². The van der Waals surface area contributed by atoms with Crippen LogP contribution in [0.15, 0.2) is 54.7 Å². The third kappa shape index (κ3) is 4.22. The van der Waals surface area contributed by atoms with E-state index < -0.39 is 0 Å². The molecular weight excluding hydrogens is 426 g/mol. The van der Waals surface area contributed by atoms with Crippen LogP contribution in [0, 0.1) is 6.92 Å². The fourth-order valence-corrected chi connectivity index (χ4v) is 4.44. The summed E-state index contributed by atoms with van der Waals surface area (Å²) in [5.41, 5.74) is 3.13. The standard InChI is InChI=1S/C24H23N3O4S/c1-15-8-9-18-21(11-15)32-24(26-18)27(14-17-7-5-6-10-25-17)23(28)16-12-19(29-2)22(31-4)20(13-16)30-3/h5-13H,14H2,1-4H3. The number of fused-ring (bicyclic) bond motifs is 1. The quantitative estimate of drug-likeness (QED) is 0.401. The molecule has 7 nitrogen and oxygen atoms in total. The van der Waals surface area contributed by atoms with Gasteiger partial charge in [0.1, 0.15) is 0 Å². The minimum atomic E-state index is -0.245. The summed E-state index contributed by atoms with van der Waals surface area (Å²) in [6, 6.07) is 15.0. The van der Waals surface area contributed by atoms with E-state index in [0.29, 0.717) is 27.9 Å². The summed E-state index contributed by atoms with van der Waals surface area (Å²) in [7, 11) is 4.57. The molecule has 1 amide bonds. The maximum absolute atomic E-state index is 13.7. The molecule has 0 spiro atoms. The van der Waals surface area contributed by atoms with Crippen LogP contribution in [0.5, 0.6) is 17.2 Å². The van der Waals surface area contributed by atoms with E-state index in [9.17, 15) is 4.79 Å². The van der Waals surface area contributed by atoms with Crippen LogP contribution in [0.2, 0.25) is 0 Å². The van der Waals surface area contributed by atoms with E-state index in [0.717, 1.165) is 21.5 Å². The highest BCUT2D eigenvalue weighted by Crippen LogP contribution is 2.39. The lowest BCUT2D eigenvalue weighted by Crippen LogP contribution is -2.30. The fraction of sp³-hybridized carbons (Fsp3) is 0.208. The van der Waals surface area contributed by atoms with Gasteiger partial charge in [-0.25, -0.2) is 4.98 Å². The lowest BCUT2D eigenvalue weighted by atomic mass is 10.1. The van der Waals surface area contributed by atoms with Crippen molar-refractivity contribution in [3.8, 4) is 17.2 Å². The summed E-state index contributed by atoms with van der Waals surface area (Å²) in [5.74, 6) is 1.00. The smallest absolute Gasteiger partial charge is 0.260 e. The average Bonchev–Trinajstić information content (AvgIpc) is 3.24. The van der Waals surface area contributed by atoms with E-state index in [-0.39, 0.29) is 12.5 Å². The fourth-order valence-electron chi connectivity index (χ4n) is 3.38. The largest absolute Gasteiger partial charge is 0.493 e. The number of aryl methyl sites for hydroxylation is 1. The summed E-state index contributed by atoms with van der Waals surface area (Å²) in [6.07, 6.45) is 1.71. The van der Waals surface area contributed by atoms with E-state index in [2.05, 4.69) is 11.1 Å². The number of pyridine rings is 1. The molecule has 4 aromatic rings. The molecule has 32 heavy (non-hydrogen) atoms. The van der Waals surface area contributed by atoms with E-state index in [1.807, 2.05) is 37.3 Å². The van der Waals surface area contributed by atoms with E-state index in [1.54, 1.807) is 23.2 Å². The summed E-state index contributed by atoms with van der Waals surface area (Å²) in [5, 5.41) is 0.593. The zero-order valence-corrected chi connectivity index (χ0v) is 19.1. The van der Waals surface area contributed by atoms with Gasteiger partial charge in [0.05, 0.1) is 43.8 Å². The number of anilines is 1. The molecule has 164 valence electrons. The van der Waals surface area contributed by atoms with Gasteiger partial charge in [0.25, 0.3) is 5.91 Å². The monoisotopic (exact) mass is 449 g/mol. The number of carbonyl (C=O) groups is 1. The maximum atomic E-state index is 13.7. The lowest BCUT2D eigenvalue weighted by molar-refractivity contribution is 0.0984. The van der Waals surface area contributed by atoms with Gasteiger partial charge >= 0.3 is 0 Å². The highest BCUT2D eigenvalue weighted by Gasteiger charge is 2.25. The van der Waals surface area contributed by atoms with Crippen molar-refractivity contribution in [1.82, 2.24) is 9.97 Å². The van der Waals surface area contributed by atoms with Gasteiger partial charge < -0.3 is 14.2 Å². The highest BCUT2D eigenvalue weighted by atomic mass is 32.1. The maximum Gasteiger partial charge on any atom is 0.260 e. The average molecular weight is 450 g/mol. The minimum absolute atomic E-state index is 0.245. The number of carbonyl (C=O) groups excluding carboxylic acids is 1. The molecule has 0 aliphatic carbocycles. The Morgan fingerprint density at radius 3 is 2.38 bits per heavy atom. The zero-order valence-electron chi connectivity index (χ0n) is 18.3.